The Balaban J connectivity index is 1.79. The van der Waals surface area contributed by atoms with Crippen molar-refractivity contribution in [3.05, 3.63) is 30.4 Å². The van der Waals surface area contributed by atoms with E-state index in [1.165, 1.54) is 25.9 Å². The maximum atomic E-state index is 5.87. The van der Waals surface area contributed by atoms with Crippen molar-refractivity contribution in [1.29, 1.82) is 0 Å². The van der Waals surface area contributed by atoms with Crippen LogP contribution in [0.15, 0.2) is 24.5 Å². The minimum atomic E-state index is 0.723. The molecule has 1 saturated heterocycles. The summed E-state index contributed by atoms with van der Waals surface area (Å²) in [7, 11) is 0. The fraction of sp³-hybridized carbons (Fsp3) is 0.533. The fourth-order valence-electron chi connectivity index (χ4n) is 3.07. The van der Waals surface area contributed by atoms with Crippen molar-refractivity contribution >= 4 is 11.2 Å². The molecule has 3 heterocycles. The van der Waals surface area contributed by atoms with E-state index in [0.717, 1.165) is 35.9 Å². The lowest BCUT2D eigenvalue weighted by atomic mass is 9.94. The van der Waals surface area contributed by atoms with E-state index in [0.29, 0.717) is 0 Å². The van der Waals surface area contributed by atoms with Crippen molar-refractivity contribution in [2.24, 2.45) is 5.92 Å². The second kappa shape index (κ2) is 5.21. The molecule has 0 amide bonds. The largest absolute Gasteiger partial charge is 0.398 e. The summed E-state index contributed by atoms with van der Waals surface area (Å²) in [6.45, 7) is 5.86. The number of nitrogens with zero attached hydrogens (tertiary/aromatic N) is 3. The van der Waals surface area contributed by atoms with E-state index in [1.807, 2.05) is 24.5 Å². The number of anilines is 1. The number of nitrogens with two attached hydrogens (primary N) is 1. The first kappa shape index (κ1) is 12.5. The molecule has 1 atom stereocenters. The molecule has 0 aliphatic carbocycles. The Kier molecular flexibility index (Phi) is 3.42. The average Bonchev–Trinajstić information content (AvgIpc) is 2.81. The molecule has 1 aliphatic heterocycles. The van der Waals surface area contributed by atoms with E-state index in [9.17, 15) is 0 Å². The molecule has 1 unspecified atom stereocenters. The number of piperidine rings is 1. The molecule has 1 fully saturated rings. The zero-order valence-corrected chi connectivity index (χ0v) is 11.5. The number of pyridine rings is 1. The van der Waals surface area contributed by atoms with Crippen LogP contribution in [0.2, 0.25) is 0 Å². The summed E-state index contributed by atoms with van der Waals surface area (Å²) in [5.41, 5.74) is 7.80. The summed E-state index contributed by atoms with van der Waals surface area (Å²) in [6.07, 6.45) is 7.60. The fourth-order valence-corrected chi connectivity index (χ4v) is 3.07. The van der Waals surface area contributed by atoms with Gasteiger partial charge in [0.05, 0.1) is 11.7 Å². The predicted molar refractivity (Wildman–Crippen MR) is 78.1 cm³/mol. The first-order valence-corrected chi connectivity index (χ1v) is 7.20. The van der Waals surface area contributed by atoms with Gasteiger partial charge in [0, 0.05) is 24.8 Å². The van der Waals surface area contributed by atoms with Crippen LogP contribution in [0.25, 0.3) is 5.52 Å². The zero-order valence-electron chi connectivity index (χ0n) is 11.5. The van der Waals surface area contributed by atoms with Gasteiger partial charge in [-0.1, -0.05) is 6.92 Å². The topological polar surface area (TPSA) is 46.6 Å². The molecular weight excluding hydrogens is 236 g/mol. The van der Waals surface area contributed by atoms with Gasteiger partial charge in [0.1, 0.15) is 5.82 Å². The number of rotatable bonds is 3. The summed E-state index contributed by atoms with van der Waals surface area (Å²) in [5, 5.41) is 0. The minimum absolute atomic E-state index is 0.723. The van der Waals surface area contributed by atoms with Crippen LogP contribution in [0.5, 0.6) is 0 Å². The zero-order chi connectivity index (χ0) is 13.2. The van der Waals surface area contributed by atoms with E-state index in [1.54, 1.807) is 0 Å². The molecule has 3 rings (SSSR count). The number of likely N-dealkylation sites (tertiary alicyclic amines) is 1. The van der Waals surface area contributed by atoms with Crippen LogP contribution in [0.3, 0.4) is 0 Å². The van der Waals surface area contributed by atoms with Gasteiger partial charge in [0.2, 0.25) is 0 Å². The van der Waals surface area contributed by atoms with Crippen LogP contribution >= 0.6 is 0 Å². The Morgan fingerprint density at radius 3 is 3.16 bits per heavy atom. The van der Waals surface area contributed by atoms with Crippen LogP contribution < -0.4 is 5.73 Å². The lowest BCUT2D eigenvalue weighted by Gasteiger charge is -2.31. The Morgan fingerprint density at radius 1 is 1.42 bits per heavy atom. The minimum Gasteiger partial charge on any atom is -0.398 e. The lowest BCUT2D eigenvalue weighted by molar-refractivity contribution is 0.180. The van der Waals surface area contributed by atoms with Gasteiger partial charge in [-0.15, -0.1) is 0 Å². The quantitative estimate of drug-likeness (QED) is 0.918. The van der Waals surface area contributed by atoms with E-state index in [-0.39, 0.29) is 0 Å². The van der Waals surface area contributed by atoms with Gasteiger partial charge in [-0.3, -0.25) is 0 Å². The Hall–Kier alpha value is -1.55. The van der Waals surface area contributed by atoms with Gasteiger partial charge >= 0.3 is 0 Å². The molecule has 4 heteroatoms. The summed E-state index contributed by atoms with van der Waals surface area (Å²) in [4.78, 5) is 7.11. The monoisotopic (exact) mass is 258 g/mol. The average molecular weight is 258 g/mol. The smallest absolute Gasteiger partial charge is 0.113 e. The molecule has 1 aliphatic rings. The predicted octanol–water partition coefficient (Wildman–Crippen LogP) is 2.19. The number of hydrogen-bond donors (Lipinski definition) is 1. The second-order valence-corrected chi connectivity index (χ2v) is 5.54. The maximum absolute atomic E-state index is 5.87. The van der Waals surface area contributed by atoms with E-state index >= 15 is 0 Å². The van der Waals surface area contributed by atoms with Crippen LogP contribution in [0, 0.1) is 5.92 Å². The van der Waals surface area contributed by atoms with Crippen molar-refractivity contribution in [3.8, 4) is 0 Å². The highest BCUT2D eigenvalue weighted by molar-refractivity contribution is 5.52. The number of hydrogen-bond acceptors (Lipinski definition) is 3. The highest BCUT2D eigenvalue weighted by atomic mass is 15.1. The molecule has 4 nitrogen and oxygen atoms in total. The first-order valence-electron chi connectivity index (χ1n) is 7.20. The van der Waals surface area contributed by atoms with E-state index < -0.39 is 0 Å². The molecule has 2 N–H and O–H groups in total. The molecule has 0 bridgehead atoms. The van der Waals surface area contributed by atoms with Crippen molar-refractivity contribution < 1.29 is 0 Å². The molecule has 0 aromatic carbocycles. The molecule has 102 valence electrons. The maximum Gasteiger partial charge on any atom is 0.113 e. The van der Waals surface area contributed by atoms with E-state index in [4.69, 9.17) is 5.73 Å². The highest BCUT2D eigenvalue weighted by Gasteiger charge is 2.20. The number of fused-ring (bicyclic) bond motifs is 1. The molecule has 2 aromatic heterocycles. The summed E-state index contributed by atoms with van der Waals surface area (Å²) in [6, 6.07) is 3.96. The first-order chi connectivity index (χ1) is 9.26. The third-order valence-electron chi connectivity index (χ3n) is 4.15. The van der Waals surface area contributed by atoms with Crippen molar-refractivity contribution in [3.63, 3.8) is 0 Å². The summed E-state index contributed by atoms with van der Waals surface area (Å²) < 4.78 is 2.14. The Bertz CT molecular complexity index is 560. The van der Waals surface area contributed by atoms with E-state index in [2.05, 4.69) is 21.2 Å². The number of aromatic nitrogens is 2. The summed E-state index contributed by atoms with van der Waals surface area (Å²) in [5.74, 6) is 1.87. The Morgan fingerprint density at radius 2 is 2.32 bits per heavy atom. The van der Waals surface area contributed by atoms with Crippen LogP contribution in [0.1, 0.15) is 25.6 Å². The van der Waals surface area contributed by atoms with Gasteiger partial charge in [0.25, 0.3) is 0 Å². The van der Waals surface area contributed by atoms with Gasteiger partial charge in [0.15, 0.2) is 0 Å². The third kappa shape index (κ3) is 2.59. The van der Waals surface area contributed by atoms with Gasteiger partial charge in [-0.2, -0.15) is 0 Å². The van der Waals surface area contributed by atoms with Gasteiger partial charge in [-0.25, -0.2) is 4.98 Å². The lowest BCUT2D eigenvalue weighted by Crippen LogP contribution is -2.36. The molecule has 0 radical (unpaired) electrons. The summed E-state index contributed by atoms with van der Waals surface area (Å²) >= 11 is 0. The number of imidazole rings is 1. The number of nitrogen functional groups attached to an aromatic ring is 1. The third-order valence-corrected chi connectivity index (χ3v) is 4.15. The normalized spacial score (nSPS) is 21.0. The standard InChI is InChI=1S/C15H22N4/c1-2-18-7-3-4-12(10-18)8-15-17-9-14-6-5-13(16)11-19(14)15/h5-6,9,11-12H,2-4,7-8,10,16H2,1H3. The van der Waals surface area contributed by atoms with Crippen LogP contribution in [0.4, 0.5) is 5.69 Å². The molecule has 0 saturated carbocycles. The SMILES string of the molecule is CCN1CCCC(Cc2ncc3ccc(N)cn23)C1. The van der Waals surface area contributed by atoms with Gasteiger partial charge in [-0.05, 0) is 44.0 Å². The van der Waals surface area contributed by atoms with Crippen LogP contribution in [-0.2, 0) is 6.42 Å². The molecule has 19 heavy (non-hydrogen) atoms. The second-order valence-electron chi connectivity index (χ2n) is 5.54. The highest BCUT2D eigenvalue weighted by Crippen LogP contribution is 2.21. The Labute approximate surface area is 114 Å². The molecule has 0 spiro atoms. The van der Waals surface area contributed by atoms with Crippen molar-refractivity contribution in [1.82, 2.24) is 14.3 Å². The molecular formula is C15H22N4. The van der Waals surface area contributed by atoms with Gasteiger partial charge < -0.3 is 15.0 Å². The van der Waals surface area contributed by atoms with Crippen molar-refractivity contribution in [2.75, 3.05) is 25.4 Å². The molecule has 2 aromatic rings. The van der Waals surface area contributed by atoms with Crippen LogP contribution in [-0.4, -0.2) is 33.9 Å². The van der Waals surface area contributed by atoms with Crippen molar-refractivity contribution in [2.45, 2.75) is 26.2 Å².